The summed E-state index contributed by atoms with van der Waals surface area (Å²) in [6, 6.07) is 2.01. The second-order valence-corrected chi connectivity index (χ2v) is 3.52. The number of rotatable bonds is 1. The van der Waals surface area contributed by atoms with Gasteiger partial charge in [-0.2, -0.15) is 0 Å². The van der Waals surface area contributed by atoms with Gasteiger partial charge in [-0.1, -0.05) is 0 Å². The zero-order valence-electron chi connectivity index (χ0n) is 6.40. The van der Waals surface area contributed by atoms with Crippen molar-refractivity contribution in [3.63, 3.8) is 0 Å². The summed E-state index contributed by atoms with van der Waals surface area (Å²) in [5.41, 5.74) is 1.23. The van der Waals surface area contributed by atoms with Crippen molar-refractivity contribution >= 4 is 15.9 Å². The monoisotopic (exact) mass is 225 g/mol. The Morgan fingerprint density at radius 3 is 3.17 bits per heavy atom. The first-order chi connectivity index (χ1) is 5.88. The van der Waals surface area contributed by atoms with Gasteiger partial charge in [0.25, 0.3) is 0 Å². The van der Waals surface area contributed by atoms with Gasteiger partial charge < -0.3 is 4.74 Å². The van der Waals surface area contributed by atoms with Crippen LogP contribution < -0.4 is 0 Å². The standard InChI is InChI=1S/C9H8BrNO/c10-9-5-11-3-1-8(9)7-2-4-12-6-7/h1-5,7H,6H2. The van der Waals surface area contributed by atoms with Crippen LogP contribution in [-0.2, 0) is 4.74 Å². The predicted octanol–water partition coefficient (Wildman–Crippen LogP) is 2.47. The third kappa shape index (κ3) is 1.37. The van der Waals surface area contributed by atoms with Crippen molar-refractivity contribution < 1.29 is 4.74 Å². The van der Waals surface area contributed by atoms with Gasteiger partial charge in [0.05, 0.1) is 12.9 Å². The van der Waals surface area contributed by atoms with Crippen molar-refractivity contribution in [2.45, 2.75) is 5.92 Å². The van der Waals surface area contributed by atoms with E-state index in [0.717, 1.165) is 11.1 Å². The summed E-state index contributed by atoms with van der Waals surface area (Å²) in [5, 5.41) is 0. The second kappa shape index (κ2) is 3.27. The molecule has 1 aliphatic rings. The smallest absolute Gasteiger partial charge is 0.0977 e. The van der Waals surface area contributed by atoms with E-state index in [1.54, 1.807) is 12.5 Å². The summed E-state index contributed by atoms with van der Waals surface area (Å²) in [5.74, 6) is 0.377. The van der Waals surface area contributed by atoms with Crippen LogP contribution in [0.25, 0.3) is 0 Å². The second-order valence-electron chi connectivity index (χ2n) is 2.67. The Kier molecular flexibility index (Phi) is 2.13. The van der Waals surface area contributed by atoms with Crippen molar-refractivity contribution in [3.05, 3.63) is 40.8 Å². The minimum atomic E-state index is 0.377. The van der Waals surface area contributed by atoms with Crippen molar-refractivity contribution in [1.29, 1.82) is 0 Å². The fourth-order valence-corrected chi connectivity index (χ4v) is 1.79. The van der Waals surface area contributed by atoms with Crippen molar-refractivity contribution in [2.75, 3.05) is 6.61 Å². The average molecular weight is 226 g/mol. The molecule has 1 aromatic rings. The van der Waals surface area contributed by atoms with Gasteiger partial charge in [-0.15, -0.1) is 0 Å². The van der Waals surface area contributed by atoms with Gasteiger partial charge in [-0.25, -0.2) is 0 Å². The molecule has 1 aromatic heterocycles. The fraction of sp³-hybridized carbons (Fsp3) is 0.222. The predicted molar refractivity (Wildman–Crippen MR) is 49.8 cm³/mol. The van der Waals surface area contributed by atoms with Crippen molar-refractivity contribution in [3.8, 4) is 0 Å². The Balaban J connectivity index is 2.33. The van der Waals surface area contributed by atoms with Crippen LogP contribution >= 0.6 is 15.9 Å². The molecule has 0 aliphatic carbocycles. The zero-order valence-corrected chi connectivity index (χ0v) is 7.99. The highest BCUT2D eigenvalue weighted by atomic mass is 79.9. The summed E-state index contributed by atoms with van der Waals surface area (Å²) >= 11 is 3.45. The van der Waals surface area contributed by atoms with E-state index in [9.17, 15) is 0 Å². The van der Waals surface area contributed by atoms with Crippen LogP contribution in [0, 0.1) is 0 Å². The van der Waals surface area contributed by atoms with Gasteiger partial charge >= 0.3 is 0 Å². The van der Waals surface area contributed by atoms with Crippen LogP contribution in [-0.4, -0.2) is 11.6 Å². The van der Waals surface area contributed by atoms with Crippen molar-refractivity contribution in [1.82, 2.24) is 4.98 Å². The lowest BCUT2D eigenvalue weighted by molar-refractivity contribution is 0.269. The number of hydrogen-bond acceptors (Lipinski definition) is 2. The molecular weight excluding hydrogens is 218 g/mol. The molecule has 2 nitrogen and oxygen atoms in total. The molecule has 0 fully saturated rings. The molecule has 3 heteroatoms. The molecule has 1 aliphatic heterocycles. The van der Waals surface area contributed by atoms with Crippen molar-refractivity contribution in [2.24, 2.45) is 0 Å². The largest absolute Gasteiger partial charge is 0.501 e. The number of nitrogens with zero attached hydrogens (tertiary/aromatic N) is 1. The summed E-state index contributed by atoms with van der Waals surface area (Å²) in [4.78, 5) is 4.00. The number of ether oxygens (including phenoxy) is 1. The van der Waals surface area contributed by atoms with Gasteiger partial charge in [0.1, 0.15) is 0 Å². The van der Waals surface area contributed by atoms with Crippen LogP contribution in [0.5, 0.6) is 0 Å². The molecule has 2 rings (SSSR count). The van der Waals surface area contributed by atoms with Crippen LogP contribution in [0.4, 0.5) is 0 Å². The Bertz CT molecular complexity index is 311. The molecule has 1 atom stereocenters. The zero-order chi connectivity index (χ0) is 8.39. The minimum absolute atomic E-state index is 0.377. The summed E-state index contributed by atoms with van der Waals surface area (Å²) < 4.78 is 6.19. The van der Waals surface area contributed by atoms with E-state index in [2.05, 4.69) is 27.0 Å². The van der Waals surface area contributed by atoms with E-state index in [1.807, 2.05) is 12.3 Å². The topological polar surface area (TPSA) is 22.1 Å². The average Bonchev–Trinajstić information content (AvgIpc) is 2.57. The molecule has 0 radical (unpaired) electrons. The first kappa shape index (κ1) is 7.80. The molecule has 0 aromatic carbocycles. The first-order valence-corrected chi connectivity index (χ1v) is 4.55. The maximum absolute atomic E-state index is 5.14. The maximum atomic E-state index is 5.14. The number of hydrogen-bond donors (Lipinski definition) is 0. The number of halogens is 1. The maximum Gasteiger partial charge on any atom is 0.0977 e. The van der Waals surface area contributed by atoms with Gasteiger partial charge in [-0.3, -0.25) is 4.98 Å². The van der Waals surface area contributed by atoms with E-state index < -0.39 is 0 Å². The van der Waals surface area contributed by atoms with E-state index in [-0.39, 0.29) is 0 Å². The van der Waals surface area contributed by atoms with E-state index in [4.69, 9.17) is 4.74 Å². The van der Waals surface area contributed by atoms with Crippen LogP contribution in [0.1, 0.15) is 11.5 Å². The third-order valence-corrected chi connectivity index (χ3v) is 2.55. The van der Waals surface area contributed by atoms with Gasteiger partial charge in [0.2, 0.25) is 0 Å². The Hall–Kier alpha value is -0.830. The molecule has 0 amide bonds. The Labute approximate surface area is 79.4 Å². The van der Waals surface area contributed by atoms with Gasteiger partial charge in [0, 0.05) is 22.8 Å². The lowest BCUT2D eigenvalue weighted by Crippen LogP contribution is -1.98. The quantitative estimate of drug-likeness (QED) is 0.733. The summed E-state index contributed by atoms with van der Waals surface area (Å²) in [6.07, 6.45) is 7.41. The minimum Gasteiger partial charge on any atom is -0.501 e. The molecule has 1 unspecified atom stereocenters. The SMILES string of the molecule is Brc1cnccc1C1C=COC1. The summed E-state index contributed by atoms with van der Waals surface area (Å²) in [7, 11) is 0. The highest BCUT2D eigenvalue weighted by Gasteiger charge is 2.14. The number of pyridine rings is 1. The molecule has 0 saturated carbocycles. The van der Waals surface area contributed by atoms with E-state index >= 15 is 0 Å². The Morgan fingerprint density at radius 1 is 1.58 bits per heavy atom. The lowest BCUT2D eigenvalue weighted by atomic mass is 10.0. The highest BCUT2D eigenvalue weighted by molar-refractivity contribution is 9.10. The normalized spacial score (nSPS) is 20.9. The van der Waals surface area contributed by atoms with Crippen LogP contribution in [0.15, 0.2) is 35.3 Å². The fourth-order valence-electron chi connectivity index (χ4n) is 1.25. The molecule has 0 N–H and O–H groups in total. The van der Waals surface area contributed by atoms with E-state index in [0.29, 0.717) is 5.92 Å². The van der Waals surface area contributed by atoms with Gasteiger partial charge in [-0.05, 0) is 33.6 Å². The molecule has 12 heavy (non-hydrogen) atoms. The molecular formula is C9H8BrNO. The van der Waals surface area contributed by atoms with Gasteiger partial charge in [0.15, 0.2) is 0 Å². The first-order valence-electron chi connectivity index (χ1n) is 3.75. The summed E-state index contributed by atoms with van der Waals surface area (Å²) in [6.45, 7) is 0.739. The van der Waals surface area contributed by atoms with Crippen LogP contribution in [0.2, 0.25) is 0 Å². The third-order valence-electron chi connectivity index (χ3n) is 1.89. The molecule has 0 spiro atoms. The molecule has 2 heterocycles. The number of aromatic nitrogens is 1. The molecule has 0 saturated heterocycles. The Morgan fingerprint density at radius 2 is 2.50 bits per heavy atom. The molecule has 0 bridgehead atoms. The van der Waals surface area contributed by atoms with E-state index in [1.165, 1.54) is 5.56 Å². The molecule has 62 valence electrons. The van der Waals surface area contributed by atoms with Crippen LogP contribution in [0.3, 0.4) is 0 Å². The lowest BCUT2D eigenvalue weighted by Gasteiger charge is -2.07. The highest BCUT2D eigenvalue weighted by Crippen LogP contribution is 2.27.